The lowest BCUT2D eigenvalue weighted by atomic mass is 9.90. The number of anilines is 2. The minimum Gasteiger partial charge on any atom is -0.383 e. The Hall–Kier alpha value is -5.06. The van der Waals surface area contributed by atoms with Gasteiger partial charge in [-0.2, -0.15) is 29.0 Å². The van der Waals surface area contributed by atoms with Gasteiger partial charge in [-0.3, -0.25) is 9.99 Å². The molecule has 0 amide bonds. The van der Waals surface area contributed by atoms with Crippen LogP contribution in [0.2, 0.25) is 0 Å². The van der Waals surface area contributed by atoms with Crippen molar-refractivity contribution in [1.29, 1.82) is 15.8 Å². The number of fused-ring (bicyclic) bond motifs is 1. The molecule has 3 aromatic rings. The molecule has 1 aliphatic carbocycles. The highest BCUT2D eigenvalue weighted by Gasteiger charge is 2.67. The second-order valence-corrected chi connectivity index (χ2v) is 11.2. The van der Waals surface area contributed by atoms with Crippen molar-refractivity contribution in [3.05, 3.63) is 77.0 Å². The summed E-state index contributed by atoms with van der Waals surface area (Å²) >= 11 is 0. The number of pyridine rings is 1. The molecule has 0 saturated heterocycles. The molecule has 9 nitrogen and oxygen atoms in total. The standard InChI is InChI=1S/C30H27F4N9/c1-28(2,9-10-35)17-39-26-20(14-37)15-38-25-19(13-36)11-22(12-23(25)26)40-27(18-3-5-21(31)6-4-18)24-16-43(42-41-24)29(7-8-29)30(32,33)34/h3-6,11-12,15-16,27,40-42H,7-9,17H2,1-2H3,(H,38,39)/t27-/m1/s1/i27D. The van der Waals surface area contributed by atoms with Crippen LogP contribution in [0.4, 0.5) is 28.9 Å². The smallest absolute Gasteiger partial charge is 0.383 e. The molecule has 0 unspecified atom stereocenters. The fraction of sp³-hybridized carbons (Fsp3) is 0.333. The Morgan fingerprint density at radius 3 is 2.42 bits per heavy atom. The third-order valence-corrected chi connectivity index (χ3v) is 7.47. The number of hydrogen-bond acceptors (Lipinski definition) is 9. The maximum atomic E-state index is 13.9. The molecule has 0 radical (unpaired) electrons. The Morgan fingerprint density at radius 1 is 1.12 bits per heavy atom. The van der Waals surface area contributed by atoms with Crippen molar-refractivity contribution in [2.24, 2.45) is 5.41 Å². The van der Waals surface area contributed by atoms with Crippen molar-refractivity contribution in [1.82, 2.24) is 21.0 Å². The third kappa shape index (κ3) is 5.70. The van der Waals surface area contributed by atoms with E-state index in [1.54, 1.807) is 6.07 Å². The maximum absolute atomic E-state index is 13.9. The van der Waals surface area contributed by atoms with Gasteiger partial charge in [-0.05, 0) is 48.1 Å². The highest BCUT2D eigenvalue weighted by Crippen LogP contribution is 2.53. The average molecular weight is 591 g/mol. The monoisotopic (exact) mass is 590 g/mol. The summed E-state index contributed by atoms with van der Waals surface area (Å²) < 4.78 is 65.0. The molecule has 4 N–H and O–H groups in total. The van der Waals surface area contributed by atoms with Gasteiger partial charge in [0.25, 0.3) is 0 Å². The Kier molecular flexibility index (Phi) is 7.17. The van der Waals surface area contributed by atoms with Crippen molar-refractivity contribution in [3.63, 3.8) is 0 Å². The first-order valence-electron chi connectivity index (χ1n) is 13.8. The zero-order valence-electron chi connectivity index (χ0n) is 24.2. The van der Waals surface area contributed by atoms with Crippen LogP contribution in [0.15, 0.2) is 54.5 Å². The van der Waals surface area contributed by atoms with Crippen LogP contribution >= 0.6 is 0 Å². The highest BCUT2D eigenvalue weighted by atomic mass is 19.4. The molecule has 1 atom stereocenters. The molecule has 2 heterocycles. The van der Waals surface area contributed by atoms with Crippen molar-refractivity contribution in [2.75, 3.05) is 17.2 Å². The van der Waals surface area contributed by atoms with E-state index in [2.05, 4.69) is 44.8 Å². The van der Waals surface area contributed by atoms with E-state index >= 15 is 0 Å². The summed E-state index contributed by atoms with van der Waals surface area (Å²) in [5.74, 6) is -0.569. The summed E-state index contributed by atoms with van der Waals surface area (Å²) in [4.78, 5) is 4.31. The Morgan fingerprint density at radius 2 is 1.81 bits per heavy atom. The average Bonchev–Trinajstić information content (AvgIpc) is 3.65. The predicted molar refractivity (Wildman–Crippen MR) is 151 cm³/mol. The Balaban J connectivity index is 1.62. The number of alkyl halides is 3. The van der Waals surface area contributed by atoms with Crippen LogP contribution in [-0.2, 0) is 0 Å². The first-order valence-corrected chi connectivity index (χ1v) is 13.3. The number of halogens is 4. The first-order chi connectivity index (χ1) is 20.8. The molecule has 1 aromatic heterocycles. The van der Waals surface area contributed by atoms with Gasteiger partial charge in [-0.25, -0.2) is 4.39 Å². The molecule has 1 saturated carbocycles. The van der Waals surface area contributed by atoms with Gasteiger partial charge in [-0.1, -0.05) is 26.0 Å². The van der Waals surface area contributed by atoms with Gasteiger partial charge in [0.1, 0.15) is 18.0 Å². The number of benzene rings is 2. The van der Waals surface area contributed by atoms with Gasteiger partial charge in [-0.15, -0.1) is 5.53 Å². The zero-order valence-corrected chi connectivity index (χ0v) is 23.2. The van der Waals surface area contributed by atoms with Gasteiger partial charge >= 0.3 is 6.18 Å². The molecule has 0 spiro atoms. The molecule has 1 aliphatic heterocycles. The van der Waals surface area contributed by atoms with E-state index in [0.29, 0.717) is 17.6 Å². The number of nitriles is 3. The van der Waals surface area contributed by atoms with Crippen LogP contribution in [0.25, 0.3) is 10.9 Å². The van der Waals surface area contributed by atoms with Crippen molar-refractivity contribution >= 4 is 22.3 Å². The van der Waals surface area contributed by atoms with Crippen LogP contribution in [-0.4, -0.2) is 28.3 Å². The van der Waals surface area contributed by atoms with E-state index in [1.165, 1.54) is 24.4 Å². The zero-order chi connectivity index (χ0) is 31.9. The lowest BCUT2D eigenvalue weighted by Crippen LogP contribution is -2.52. The minimum atomic E-state index is -4.53. The number of rotatable bonds is 9. The molecule has 220 valence electrons. The van der Waals surface area contributed by atoms with Crippen molar-refractivity contribution in [3.8, 4) is 18.2 Å². The van der Waals surface area contributed by atoms with Crippen LogP contribution in [0.1, 0.15) is 57.2 Å². The summed E-state index contributed by atoms with van der Waals surface area (Å²) in [6, 6.07) is 12.3. The summed E-state index contributed by atoms with van der Waals surface area (Å²) in [6.45, 7) is 4.08. The fourth-order valence-corrected chi connectivity index (χ4v) is 4.85. The maximum Gasteiger partial charge on any atom is 0.413 e. The molecule has 2 aliphatic rings. The molecular formula is C30H27F4N9. The third-order valence-electron chi connectivity index (χ3n) is 7.47. The van der Waals surface area contributed by atoms with E-state index in [0.717, 1.165) is 23.3 Å². The number of hydrazine groups is 2. The molecule has 13 heteroatoms. The van der Waals surface area contributed by atoms with Crippen molar-refractivity contribution in [2.45, 2.75) is 50.8 Å². The molecule has 0 bridgehead atoms. The predicted octanol–water partition coefficient (Wildman–Crippen LogP) is 5.88. The summed E-state index contributed by atoms with van der Waals surface area (Å²) in [7, 11) is 0. The van der Waals surface area contributed by atoms with Gasteiger partial charge in [0.05, 0.1) is 41.5 Å². The normalized spacial score (nSPS) is 17.4. The van der Waals surface area contributed by atoms with Gasteiger partial charge in [0.15, 0.2) is 5.54 Å². The van der Waals surface area contributed by atoms with Gasteiger partial charge < -0.3 is 16.1 Å². The van der Waals surface area contributed by atoms with Gasteiger partial charge in [0.2, 0.25) is 0 Å². The van der Waals surface area contributed by atoms with Crippen LogP contribution in [0, 0.1) is 45.2 Å². The Labute approximate surface area is 246 Å². The summed E-state index contributed by atoms with van der Waals surface area (Å²) in [6.07, 6.45) is -2.05. The topological polar surface area (TPSA) is 136 Å². The van der Waals surface area contributed by atoms with E-state index in [1.807, 2.05) is 13.8 Å². The second-order valence-electron chi connectivity index (χ2n) is 11.2. The summed E-state index contributed by atoms with van der Waals surface area (Å²) in [5.41, 5.74) is 3.93. The molecule has 1 fully saturated rings. The Bertz CT molecular complexity index is 1760. The van der Waals surface area contributed by atoms with Gasteiger partial charge in [0, 0.05) is 36.4 Å². The lowest BCUT2D eigenvalue weighted by molar-refractivity contribution is -0.195. The fourth-order valence-electron chi connectivity index (χ4n) is 4.85. The number of nitrogens with zero attached hydrogens (tertiary/aromatic N) is 5. The lowest BCUT2D eigenvalue weighted by Gasteiger charge is -2.28. The van der Waals surface area contributed by atoms with Crippen LogP contribution in [0.5, 0.6) is 0 Å². The van der Waals surface area contributed by atoms with E-state index < -0.39 is 29.0 Å². The van der Waals surface area contributed by atoms with E-state index in [-0.39, 0.29) is 52.9 Å². The molecular weight excluding hydrogens is 562 g/mol. The molecule has 2 aromatic carbocycles. The number of aromatic nitrogens is 1. The number of hydrogen-bond donors (Lipinski definition) is 4. The number of nitrogens with one attached hydrogen (secondary N) is 4. The molecule has 43 heavy (non-hydrogen) atoms. The summed E-state index contributed by atoms with van der Waals surface area (Å²) in [5, 5.41) is 36.5. The van der Waals surface area contributed by atoms with E-state index in [9.17, 15) is 34.7 Å². The van der Waals surface area contributed by atoms with Crippen molar-refractivity contribution < 1.29 is 18.9 Å². The van der Waals surface area contributed by atoms with E-state index in [4.69, 9.17) is 0 Å². The largest absolute Gasteiger partial charge is 0.413 e. The van der Waals surface area contributed by atoms with Crippen LogP contribution < -0.4 is 21.6 Å². The molecule has 5 rings (SSSR count). The SMILES string of the molecule is [2H][C@](Nc1cc(C#N)c2ncc(C#N)c(NCC(C)(C)CC#N)c2c1)(C1=CN(C2(C(F)(F)F)CC2)NN1)c1ccc(F)cc1. The first kappa shape index (κ1) is 28.1. The quantitative estimate of drug-likeness (QED) is 0.225. The minimum absolute atomic E-state index is 0.0151. The second kappa shape index (κ2) is 11.0. The van der Waals surface area contributed by atoms with Crippen LogP contribution in [0.3, 0.4) is 0 Å². The highest BCUT2D eigenvalue weighted by molar-refractivity contribution is 5.99.